The van der Waals surface area contributed by atoms with E-state index >= 15 is 0 Å². The molecule has 170 valence electrons. The van der Waals surface area contributed by atoms with E-state index in [1.54, 1.807) is 28.8 Å². The third-order valence-corrected chi connectivity index (χ3v) is 10.3. The van der Waals surface area contributed by atoms with E-state index in [0.29, 0.717) is 30.1 Å². The minimum absolute atomic E-state index is 0.0634. The molecule has 0 radical (unpaired) electrons. The van der Waals surface area contributed by atoms with Crippen molar-refractivity contribution in [1.82, 2.24) is 9.29 Å². The number of aromatic nitrogens is 1. The molecular weight excluding hydrogens is 474 g/mol. The number of hydrogen-bond acceptors (Lipinski definition) is 6. The first kappa shape index (κ1) is 22.2. The third-order valence-electron chi connectivity index (χ3n) is 5.93. The maximum absolute atomic E-state index is 12.8. The number of amides is 1. The van der Waals surface area contributed by atoms with Gasteiger partial charge in [0.1, 0.15) is 9.22 Å². The number of para-hydroxylation sites is 1. The van der Waals surface area contributed by atoms with Crippen LogP contribution in [0.4, 0.5) is 5.69 Å². The van der Waals surface area contributed by atoms with Crippen molar-refractivity contribution in [2.45, 2.75) is 24.0 Å². The van der Waals surface area contributed by atoms with Crippen LogP contribution >= 0.6 is 22.7 Å². The number of thiazole rings is 1. The van der Waals surface area contributed by atoms with E-state index in [1.807, 2.05) is 30.3 Å². The molecule has 0 unspecified atom stereocenters. The van der Waals surface area contributed by atoms with Crippen molar-refractivity contribution < 1.29 is 13.2 Å². The zero-order chi connectivity index (χ0) is 23.0. The number of carbonyl (C=O) groups excluding carboxylic acids is 1. The average molecular weight is 498 g/mol. The average Bonchev–Trinajstić information content (AvgIpc) is 3.51. The van der Waals surface area contributed by atoms with Gasteiger partial charge in [-0.15, -0.1) is 22.7 Å². The Bertz CT molecular complexity index is 1390. The molecule has 6 nitrogen and oxygen atoms in total. The van der Waals surface area contributed by atoms with Crippen molar-refractivity contribution in [3.05, 3.63) is 65.5 Å². The molecule has 1 aliphatic heterocycles. The number of piperidine rings is 1. The van der Waals surface area contributed by atoms with Crippen molar-refractivity contribution in [2.75, 3.05) is 18.4 Å². The maximum Gasteiger partial charge on any atom is 0.252 e. The predicted octanol–water partition coefficient (Wildman–Crippen LogP) is 5.37. The molecule has 4 aromatic rings. The normalized spacial score (nSPS) is 15.7. The minimum atomic E-state index is -3.46. The van der Waals surface area contributed by atoms with Crippen molar-refractivity contribution in [3.63, 3.8) is 0 Å². The zero-order valence-electron chi connectivity index (χ0n) is 18.0. The summed E-state index contributed by atoms with van der Waals surface area (Å²) in [7, 11) is -3.46. The van der Waals surface area contributed by atoms with Gasteiger partial charge in [-0.2, -0.15) is 4.31 Å². The number of nitrogens with one attached hydrogen (secondary N) is 1. The molecule has 2 aromatic heterocycles. The number of hydrogen-bond donors (Lipinski definition) is 1. The SMILES string of the molecule is Cc1cccc2sc(-c3ccc(NC(=O)C4CCN(S(=O)(=O)c5cccs5)CC4)cc3)nc12. The van der Waals surface area contributed by atoms with Crippen LogP contribution in [0.5, 0.6) is 0 Å². The van der Waals surface area contributed by atoms with Gasteiger partial charge in [-0.1, -0.05) is 18.2 Å². The summed E-state index contributed by atoms with van der Waals surface area (Å²) in [6, 6.07) is 17.3. The highest BCUT2D eigenvalue weighted by atomic mass is 32.2. The summed E-state index contributed by atoms with van der Waals surface area (Å²) in [5.74, 6) is -0.266. The fraction of sp³-hybridized carbons (Fsp3) is 0.250. The lowest BCUT2D eigenvalue weighted by Crippen LogP contribution is -2.41. The van der Waals surface area contributed by atoms with E-state index in [0.717, 1.165) is 32.0 Å². The van der Waals surface area contributed by atoms with Gasteiger partial charge < -0.3 is 5.32 Å². The fourth-order valence-electron chi connectivity index (χ4n) is 4.05. The molecule has 33 heavy (non-hydrogen) atoms. The minimum Gasteiger partial charge on any atom is -0.326 e. The monoisotopic (exact) mass is 497 g/mol. The first-order chi connectivity index (χ1) is 15.9. The fourth-order valence-corrected chi connectivity index (χ4v) is 7.71. The molecular formula is C24H23N3O3S3. The Labute approximate surface area is 201 Å². The molecule has 1 saturated heterocycles. The summed E-state index contributed by atoms with van der Waals surface area (Å²) >= 11 is 2.88. The van der Waals surface area contributed by atoms with E-state index in [-0.39, 0.29) is 11.8 Å². The topological polar surface area (TPSA) is 79.4 Å². The lowest BCUT2D eigenvalue weighted by atomic mass is 9.97. The largest absolute Gasteiger partial charge is 0.326 e. The number of rotatable bonds is 5. The van der Waals surface area contributed by atoms with Gasteiger partial charge in [0, 0.05) is 30.3 Å². The quantitative estimate of drug-likeness (QED) is 0.402. The van der Waals surface area contributed by atoms with Crippen LogP contribution in [0.15, 0.2) is 64.2 Å². The van der Waals surface area contributed by atoms with Crippen LogP contribution in [0.1, 0.15) is 18.4 Å². The Morgan fingerprint density at radius 3 is 2.48 bits per heavy atom. The summed E-state index contributed by atoms with van der Waals surface area (Å²) < 4.78 is 28.3. The second-order valence-electron chi connectivity index (χ2n) is 8.12. The Morgan fingerprint density at radius 2 is 1.82 bits per heavy atom. The van der Waals surface area contributed by atoms with Crippen molar-refractivity contribution in [3.8, 4) is 10.6 Å². The van der Waals surface area contributed by atoms with E-state index < -0.39 is 10.0 Å². The highest BCUT2D eigenvalue weighted by Gasteiger charge is 2.32. The molecule has 5 rings (SSSR count). The van der Waals surface area contributed by atoms with Crippen LogP contribution in [-0.2, 0) is 14.8 Å². The number of aryl methyl sites for hydroxylation is 1. The van der Waals surface area contributed by atoms with E-state index in [2.05, 4.69) is 24.4 Å². The molecule has 3 heterocycles. The maximum atomic E-state index is 12.8. The van der Waals surface area contributed by atoms with Gasteiger partial charge in [-0.3, -0.25) is 4.79 Å². The molecule has 0 saturated carbocycles. The lowest BCUT2D eigenvalue weighted by Gasteiger charge is -2.30. The second-order valence-corrected chi connectivity index (χ2v) is 12.3. The van der Waals surface area contributed by atoms with E-state index in [1.165, 1.54) is 15.6 Å². The van der Waals surface area contributed by atoms with Gasteiger partial charge in [-0.05, 0) is 67.1 Å². The van der Waals surface area contributed by atoms with Crippen LogP contribution in [0.3, 0.4) is 0 Å². The zero-order valence-corrected chi connectivity index (χ0v) is 20.5. The standard InChI is InChI=1S/C24H23N3O3S3/c1-16-4-2-5-20-22(16)26-24(32-20)18-7-9-19(10-8-18)25-23(28)17-11-13-27(14-12-17)33(29,30)21-6-3-15-31-21/h2-10,15,17H,11-14H2,1H3,(H,25,28). The predicted molar refractivity (Wildman–Crippen MR) is 134 cm³/mol. The number of nitrogens with zero attached hydrogens (tertiary/aromatic N) is 2. The van der Waals surface area contributed by atoms with Gasteiger partial charge in [0.2, 0.25) is 5.91 Å². The van der Waals surface area contributed by atoms with Crippen LogP contribution in [-0.4, -0.2) is 36.7 Å². The van der Waals surface area contributed by atoms with Crippen LogP contribution in [0, 0.1) is 12.8 Å². The highest BCUT2D eigenvalue weighted by Crippen LogP contribution is 2.32. The molecule has 1 fully saturated rings. The van der Waals surface area contributed by atoms with Gasteiger partial charge in [0.15, 0.2) is 0 Å². The second kappa shape index (κ2) is 8.98. The van der Waals surface area contributed by atoms with Crippen molar-refractivity contribution >= 4 is 54.5 Å². The molecule has 0 atom stereocenters. The number of carbonyl (C=O) groups is 1. The Hall–Kier alpha value is -2.59. The lowest BCUT2D eigenvalue weighted by molar-refractivity contribution is -0.120. The van der Waals surface area contributed by atoms with Crippen molar-refractivity contribution in [2.24, 2.45) is 5.92 Å². The third kappa shape index (κ3) is 4.46. The Balaban J connectivity index is 1.21. The summed E-state index contributed by atoms with van der Waals surface area (Å²) in [6.07, 6.45) is 1.03. The first-order valence-electron chi connectivity index (χ1n) is 10.7. The molecule has 9 heteroatoms. The molecule has 1 aliphatic rings. The van der Waals surface area contributed by atoms with Gasteiger partial charge in [0.05, 0.1) is 10.2 Å². The number of fused-ring (bicyclic) bond motifs is 1. The van der Waals surface area contributed by atoms with E-state index in [4.69, 9.17) is 4.98 Å². The van der Waals surface area contributed by atoms with Crippen LogP contribution in [0.2, 0.25) is 0 Å². The number of thiophene rings is 1. The van der Waals surface area contributed by atoms with Crippen molar-refractivity contribution in [1.29, 1.82) is 0 Å². The molecule has 0 bridgehead atoms. The summed E-state index contributed by atoms with van der Waals surface area (Å²) in [4.78, 5) is 17.5. The molecule has 0 aliphatic carbocycles. The number of sulfonamides is 1. The highest BCUT2D eigenvalue weighted by molar-refractivity contribution is 7.91. The van der Waals surface area contributed by atoms with Gasteiger partial charge in [0.25, 0.3) is 10.0 Å². The Morgan fingerprint density at radius 1 is 1.06 bits per heavy atom. The molecule has 0 spiro atoms. The molecule has 1 amide bonds. The first-order valence-corrected chi connectivity index (χ1v) is 13.9. The van der Waals surface area contributed by atoms with E-state index in [9.17, 15) is 13.2 Å². The van der Waals surface area contributed by atoms with Gasteiger partial charge >= 0.3 is 0 Å². The Kier molecular flexibility index (Phi) is 6.05. The summed E-state index contributed by atoms with van der Waals surface area (Å²) in [5, 5.41) is 5.70. The molecule has 2 aromatic carbocycles. The summed E-state index contributed by atoms with van der Waals surface area (Å²) in [5.41, 5.74) is 3.94. The van der Waals surface area contributed by atoms with Crippen LogP contribution in [0.25, 0.3) is 20.8 Å². The summed E-state index contributed by atoms with van der Waals surface area (Å²) in [6.45, 7) is 2.77. The number of anilines is 1. The smallest absolute Gasteiger partial charge is 0.252 e. The van der Waals surface area contributed by atoms with Crippen LogP contribution < -0.4 is 5.32 Å². The number of benzene rings is 2. The molecule has 1 N–H and O–H groups in total. The van der Waals surface area contributed by atoms with Gasteiger partial charge in [-0.25, -0.2) is 13.4 Å².